The van der Waals surface area contributed by atoms with Gasteiger partial charge in [0, 0.05) is 30.3 Å². The Morgan fingerprint density at radius 2 is 1.35 bits per heavy atom. The highest BCUT2D eigenvalue weighted by Gasteiger charge is 2.24. The Balaban J connectivity index is 1.93. The molecule has 1 saturated heterocycles. The van der Waals surface area contributed by atoms with Crippen LogP contribution in [-0.2, 0) is 0 Å². The molecule has 104 valence electrons. The molecule has 0 bridgehead atoms. The first-order valence-corrected chi connectivity index (χ1v) is 7.03. The maximum Gasteiger partial charge on any atom is 0.0602 e. The Hall–Kier alpha value is -1.64. The van der Waals surface area contributed by atoms with E-state index in [4.69, 9.17) is 4.11 Å². The van der Waals surface area contributed by atoms with Gasteiger partial charge >= 0.3 is 0 Å². The Bertz CT molecular complexity index is 610. The number of likely N-dealkylation sites (N-methyl/N-ethyl adjacent to an activating group) is 1. The van der Waals surface area contributed by atoms with Gasteiger partial charge in [0.1, 0.15) is 0 Å². The van der Waals surface area contributed by atoms with Crippen LogP contribution in [-0.4, -0.2) is 43.0 Å². The molecule has 1 aliphatic rings. The van der Waals surface area contributed by atoms with Gasteiger partial charge in [-0.15, -0.1) is 0 Å². The average molecular weight is 270 g/mol. The van der Waals surface area contributed by atoms with Crippen LogP contribution in [0.25, 0.3) is 0 Å². The van der Waals surface area contributed by atoms with Crippen LogP contribution in [0.4, 0.5) is 0 Å². The van der Waals surface area contributed by atoms with Gasteiger partial charge in [0.25, 0.3) is 0 Å². The van der Waals surface area contributed by atoms with Crippen LogP contribution in [0.5, 0.6) is 0 Å². The van der Waals surface area contributed by atoms with Gasteiger partial charge in [-0.1, -0.05) is 60.7 Å². The molecule has 0 radical (unpaired) electrons. The third-order valence-electron chi connectivity index (χ3n) is 3.69. The lowest BCUT2D eigenvalue weighted by molar-refractivity contribution is 0.127. The predicted octanol–water partition coefficient (Wildman–Crippen LogP) is 3.02. The predicted molar refractivity (Wildman–Crippen MR) is 83.8 cm³/mol. The maximum atomic E-state index is 9.29. The van der Waals surface area contributed by atoms with Crippen LogP contribution < -0.4 is 0 Å². The molecule has 0 saturated carbocycles. The molecule has 3 rings (SSSR count). The highest BCUT2D eigenvalue weighted by molar-refractivity contribution is 5.31. The zero-order valence-corrected chi connectivity index (χ0v) is 11.5. The van der Waals surface area contributed by atoms with E-state index in [-0.39, 0.29) is 0 Å². The number of nitrogens with zero attached hydrogens (tertiary/aromatic N) is 2. The fraction of sp³-hybridized carbons (Fsp3) is 0.333. The number of benzene rings is 2. The highest BCUT2D eigenvalue weighted by atomic mass is 15.3. The Morgan fingerprint density at radius 3 is 1.80 bits per heavy atom. The minimum absolute atomic E-state index is 0.441. The van der Waals surface area contributed by atoms with Gasteiger partial charge in [0.2, 0.25) is 0 Å². The summed E-state index contributed by atoms with van der Waals surface area (Å²) in [4.78, 5) is 3.58. The summed E-state index contributed by atoms with van der Waals surface area (Å²) >= 11 is 0. The molecule has 2 nitrogen and oxygen atoms in total. The van der Waals surface area contributed by atoms with Crippen LogP contribution in [0.2, 0.25) is 0 Å². The molecule has 2 heteroatoms. The molecule has 1 heterocycles. The Kier molecular flexibility index (Phi) is 2.89. The van der Waals surface area contributed by atoms with E-state index in [0.29, 0.717) is 26.2 Å². The number of piperazine rings is 1. The van der Waals surface area contributed by atoms with Gasteiger partial charge in [-0.05, 0) is 18.1 Å². The van der Waals surface area contributed by atoms with E-state index >= 15 is 0 Å². The van der Waals surface area contributed by atoms with Crippen LogP contribution in [0.1, 0.15) is 22.6 Å². The van der Waals surface area contributed by atoms with Crippen LogP contribution in [0.15, 0.2) is 60.7 Å². The summed E-state index contributed by atoms with van der Waals surface area (Å²) in [6.07, 6.45) is 0. The lowest BCUT2D eigenvalue weighted by Crippen LogP contribution is -2.46. The Morgan fingerprint density at radius 1 is 0.850 bits per heavy atom. The van der Waals surface area contributed by atoms with Gasteiger partial charge in [-0.2, -0.15) is 0 Å². The van der Waals surface area contributed by atoms with E-state index in [2.05, 4.69) is 4.90 Å². The standard InChI is InChI=1S/C18H22N2/c1-19-12-14-20(15-13-19)18(16-8-4-2-5-9-16)17-10-6-3-7-11-17/h2-11,18H,12-15H2,1H3/i1D3,18D. The van der Waals surface area contributed by atoms with Crippen molar-refractivity contribution in [3.63, 3.8) is 0 Å². The van der Waals surface area contributed by atoms with E-state index in [9.17, 15) is 1.37 Å². The molecule has 0 atom stereocenters. The normalized spacial score (nSPS) is 21.6. The zero-order chi connectivity index (χ0) is 17.2. The monoisotopic (exact) mass is 270 g/mol. The Labute approximate surface area is 127 Å². The molecule has 1 fully saturated rings. The fourth-order valence-electron chi connectivity index (χ4n) is 2.65. The maximum absolute atomic E-state index is 9.29. The summed E-state index contributed by atoms with van der Waals surface area (Å²) in [7, 11) is 0. The fourth-order valence-corrected chi connectivity index (χ4v) is 2.65. The van der Waals surface area contributed by atoms with Crippen molar-refractivity contribution in [1.82, 2.24) is 9.80 Å². The molecule has 0 aliphatic carbocycles. The lowest BCUT2D eigenvalue weighted by Gasteiger charge is -2.38. The highest BCUT2D eigenvalue weighted by Crippen LogP contribution is 2.29. The molecule has 2 aromatic rings. The van der Waals surface area contributed by atoms with Crippen molar-refractivity contribution in [2.45, 2.75) is 6.02 Å². The summed E-state index contributed by atoms with van der Waals surface area (Å²) in [6, 6.07) is 18.5. The quantitative estimate of drug-likeness (QED) is 0.846. The molecule has 20 heavy (non-hydrogen) atoms. The number of hydrogen-bond donors (Lipinski definition) is 0. The molecular formula is C18H22N2. The zero-order valence-electron chi connectivity index (χ0n) is 15.5. The second-order valence-corrected chi connectivity index (χ2v) is 5.05. The second kappa shape index (κ2) is 6.21. The first kappa shape index (κ1) is 9.32. The first-order valence-electron chi connectivity index (χ1n) is 9.03. The topological polar surface area (TPSA) is 6.48 Å². The number of hydrogen-bond acceptors (Lipinski definition) is 2. The summed E-state index contributed by atoms with van der Waals surface area (Å²) in [5.74, 6) is 0. The van der Waals surface area contributed by atoms with Gasteiger partial charge in [-0.25, -0.2) is 0 Å². The van der Waals surface area contributed by atoms with E-state index in [1.165, 1.54) is 4.90 Å². The first-order chi connectivity index (χ1) is 11.4. The smallest absolute Gasteiger partial charge is 0.0602 e. The minimum atomic E-state index is -2.06. The third kappa shape index (κ3) is 2.92. The average Bonchev–Trinajstić information content (AvgIpc) is 2.62. The van der Waals surface area contributed by atoms with Crippen LogP contribution in [0.3, 0.4) is 0 Å². The van der Waals surface area contributed by atoms with E-state index in [0.717, 1.165) is 11.1 Å². The van der Waals surface area contributed by atoms with Crippen molar-refractivity contribution in [1.29, 1.82) is 0 Å². The van der Waals surface area contributed by atoms with E-state index in [1.807, 2.05) is 60.7 Å². The molecule has 0 spiro atoms. The van der Waals surface area contributed by atoms with Crippen molar-refractivity contribution in [3.8, 4) is 0 Å². The molecular weight excluding hydrogens is 244 g/mol. The molecule has 2 aromatic carbocycles. The summed E-state index contributed by atoms with van der Waals surface area (Å²) in [5, 5.41) is 0. The van der Waals surface area contributed by atoms with Crippen LogP contribution in [0, 0.1) is 0 Å². The van der Waals surface area contributed by atoms with Crippen molar-refractivity contribution in [2.75, 3.05) is 33.2 Å². The van der Waals surface area contributed by atoms with E-state index in [1.54, 1.807) is 0 Å². The van der Waals surface area contributed by atoms with Crippen molar-refractivity contribution in [3.05, 3.63) is 71.8 Å². The second-order valence-electron chi connectivity index (χ2n) is 5.05. The van der Waals surface area contributed by atoms with Gasteiger partial charge < -0.3 is 4.90 Å². The summed E-state index contributed by atoms with van der Waals surface area (Å²) < 4.78 is 32.0. The van der Waals surface area contributed by atoms with Crippen molar-refractivity contribution >= 4 is 0 Å². The SMILES string of the molecule is [2H]C([2H])([2H])N1CCN(C([2H])(c2ccccc2)c2ccccc2)CC1. The largest absolute Gasteiger partial charge is 0.304 e. The van der Waals surface area contributed by atoms with Gasteiger partial charge in [-0.3, -0.25) is 4.90 Å². The van der Waals surface area contributed by atoms with Crippen molar-refractivity contribution in [2.24, 2.45) is 0 Å². The minimum Gasteiger partial charge on any atom is -0.304 e. The van der Waals surface area contributed by atoms with Gasteiger partial charge in [0.15, 0.2) is 0 Å². The molecule has 0 amide bonds. The van der Waals surface area contributed by atoms with E-state index < -0.39 is 13.0 Å². The van der Waals surface area contributed by atoms with Gasteiger partial charge in [0.05, 0.1) is 7.39 Å². The molecule has 1 aliphatic heterocycles. The third-order valence-corrected chi connectivity index (χ3v) is 3.69. The summed E-state index contributed by atoms with van der Waals surface area (Å²) in [5.41, 5.74) is 1.80. The molecule has 0 aromatic heterocycles. The lowest BCUT2D eigenvalue weighted by atomic mass is 9.96. The van der Waals surface area contributed by atoms with Crippen LogP contribution >= 0.6 is 0 Å². The summed E-state index contributed by atoms with van der Waals surface area (Å²) in [6.45, 7) is -0.0821. The number of rotatable bonds is 3. The molecule has 0 unspecified atom stereocenters. The molecule has 0 N–H and O–H groups in total. The van der Waals surface area contributed by atoms with Crippen molar-refractivity contribution < 1.29 is 5.48 Å².